The summed E-state index contributed by atoms with van der Waals surface area (Å²) in [7, 11) is 0. The summed E-state index contributed by atoms with van der Waals surface area (Å²) in [5, 5.41) is 0.909. The third-order valence-electron chi connectivity index (χ3n) is 2.60. The molecule has 0 atom stereocenters. The second-order valence-electron chi connectivity index (χ2n) is 4.13. The molecule has 2 rings (SSSR count). The lowest BCUT2D eigenvalue weighted by molar-refractivity contribution is -0.130. The zero-order valence-electron chi connectivity index (χ0n) is 11.0. The van der Waals surface area contributed by atoms with Crippen molar-refractivity contribution in [1.29, 1.82) is 0 Å². The van der Waals surface area contributed by atoms with Gasteiger partial charge < -0.3 is 9.47 Å². The summed E-state index contributed by atoms with van der Waals surface area (Å²) in [6, 6.07) is 9.15. The molecular formula is C16H15NO3. The zero-order valence-corrected chi connectivity index (χ0v) is 11.0. The van der Waals surface area contributed by atoms with E-state index in [1.54, 1.807) is 18.3 Å². The minimum Gasteiger partial charge on any atom is -0.421 e. The van der Waals surface area contributed by atoms with Crippen LogP contribution in [0.4, 0.5) is 0 Å². The molecule has 2 aromatic rings. The van der Waals surface area contributed by atoms with Gasteiger partial charge in [0, 0.05) is 11.6 Å². The van der Waals surface area contributed by atoms with Gasteiger partial charge in [0.05, 0.1) is 18.8 Å². The Morgan fingerprint density at radius 1 is 1.30 bits per heavy atom. The van der Waals surface area contributed by atoms with E-state index < -0.39 is 5.97 Å². The normalized spacial score (nSPS) is 10.2. The number of hydrogen-bond donors (Lipinski definition) is 0. The summed E-state index contributed by atoms with van der Waals surface area (Å²) in [6.07, 6.45) is 3.26. The van der Waals surface area contributed by atoms with E-state index >= 15 is 0 Å². The monoisotopic (exact) mass is 269 g/mol. The molecule has 0 fully saturated rings. The third-order valence-corrected chi connectivity index (χ3v) is 2.60. The lowest BCUT2D eigenvalue weighted by atomic mass is 10.2. The molecule has 1 heterocycles. The van der Waals surface area contributed by atoms with Gasteiger partial charge in [-0.05, 0) is 12.1 Å². The summed E-state index contributed by atoms with van der Waals surface area (Å²) >= 11 is 0. The molecule has 0 spiro atoms. The molecular weight excluding hydrogens is 254 g/mol. The molecule has 4 heteroatoms. The van der Waals surface area contributed by atoms with E-state index in [0.29, 0.717) is 17.9 Å². The van der Waals surface area contributed by atoms with Crippen molar-refractivity contribution in [2.45, 2.75) is 0 Å². The number of para-hydroxylation sites is 1. The molecule has 0 saturated heterocycles. The summed E-state index contributed by atoms with van der Waals surface area (Å²) in [4.78, 5) is 16.1. The number of carbonyl (C=O) groups is 1. The molecule has 0 amide bonds. The Kier molecular flexibility index (Phi) is 4.63. The van der Waals surface area contributed by atoms with Crippen LogP contribution in [0.15, 0.2) is 61.3 Å². The number of fused-ring (bicyclic) bond motifs is 1. The highest BCUT2D eigenvalue weighted by molar-refractivity contribution is 5.93. The Labute approximate surface area is 117 Å². The lowest BCUT2D eigenvalue weighted by Gasteiger charge is -2.08. The van der Waals surface area contributed by atoms with Crippen LogP contribution >= 0.6 is 0 Å². The first-order valence-corrected chi connectivity index (χ1v) is 6.14. The van der Waals surface area contributed by atoms with Gasteiger partial charge in [-0.3, -0.25) is 4.98 Å². The van der Waals surface area contributed by atoms with Crippen LogP contribution in [0.3, 0.4) is 0 Å². The average molecular weight is 269 g/mol. The lowest BCUT2D eigenvalue weighted by Crippen LogP contribution is -2.15. The van der Waals surface area contributed by atoms with Crippen molar-refractivity contribution in [2.75, 3.05) is 13.2 Å². The molecule has 0 aliphatic carbocycles. The van der Waals surface area contributed by atoms with Gasteiger partial charge in [-0.2, -0.15) is 0 Å². The van der Waals surface area contributed by atoms with Gasteiger partial charge in [0.25, 0.3) is 0 Å². The Balaban J connectivity index is 2.10. The molecule has 20 heavy (non-hydrogen) atoms. The SMILES string of the molecule is C=CCOCC(=C)C(=O)Oc1cccc2cccnc12. The molecule has 102 valence electrons. The Hall–Kier alpha value is -2.46. The van der Waals surface area contributed by atoms with E-state index in [1.165, 1.54) is 0 Å². The largest absolute Gasteiger partial charge is 0.421 e. The molecule has 0 unspecified atom stereocenters. The number of pyridine rings is 1. The van der Waals surface area contributed by atoms with Crippen molar-refractivity contribution >= 4 is 16.9 Å². The fourth-order valence-corrected chi connectivity index (χ4v) is 1.65. The van der Waals surface area contributed by atoms with E-state index in [1.807, 2.05) is 24.3 Å². The number of aromatic nitrogens is 1. The van der Waals surface area contributed by atoms with Crippen LogP contribution in [-0.4, -0.2) is 24.2 Å². The predicted octanol–water partition coefficient (Wildman–Crippen LogP) is 2.90. The van der Waals surface area contributed by atoms with Crippen LogP contribution in [0.25, 0.3) is 10.9 Å². The molecule has 1 aromatic carbocycles. The van der Waals surface area contributed by atoms with E-state index in [-0.39, 0.29) is 12.2 Å². The second kappa shape index (κ2) is 6.63. The number of rotatable bonds is 6. The topological polar surface area (TPSA) is 48.4 Å². The summed E-state index contributed by atoms with van der Waals surface area (Å²) in [5.41, 5.74) is 0.892. The van der Waals surface area contributed by atoms with E-state index in [0.717, 1.165) is 5.39 Å². The smallest absolute Gasteiger partial charge is 0.341 e. The maximum Gasteiger partial charge on any atom is 0.341 e. The highest BCUT2D eigenvalue weighted by atomic mass is 16.5. The van der Waals surface area contributed by atoms with E-state index in [2.05, 4.69) is 18.1 Å². The summed E-state index contributed by atoms with van der Waals surface area (Å²) < 4.78 is 10.5. The Morgan fingerprint density at radius 3 is 2.90 bits per heavy atom. The van der Waals surface area contributed by atoms with Gasteiger partial charge in [0.2, 0.25) is 0 Å². The molecule has 0 N–H and O–H groups in total. The van der Waals surface area contributed by atoms with Crippen LogP contribution in [0.2, 0.25) is 0 Å². The van der Waals surface area contributed by atoms with Crippen molar-refractivity contribution in [2.24, 2.45) is 0 Å². The van der Waals surface area contributed by atoms with Crippen molar-refractivity contribution in [3.05, 3.63) is 61.3 Å². The minimum absolute atomic E-state index is 0.114. The van der Waals surface area contributed by atoms with Gasteiger partial charge in [-0.15, -0.1) is 6.58 Å². The molecule has 4 nitrogen and oxygen atoms in total. The Bertz CT molecular complexity index is 644. The highest BCUT2D eigenvalue weighted by Crippen LogP contribution is 2.23. The zero-order chi connectivity index (χ0) is 14.4. The van der Waals surface area contributed by atoms with Crippen LogP contribution in [0.1, 0.15) is 0 Å². The van der Waals surface area contributed by atoms with Gasteiger partial charge in [-0.25, -0.2) is 4.79 Å². The van der Waals surface area contributed by atoms with Crippen molar-refractivity contribution < 1.29 is 14.3 Å². The number of esters is 1. The second-order valence-corrected chi connectivity index (χ2v) is 4.13. The number of benzene rings is 1. The molecule has 0 bridgehead atoms. The molecule has 1 aromatic heterocycles. The molecule has 0 aliphatic heterocycles. The van der Waals surface area contributed by atoms with Crippen LogP contribution in [0.5, 0.6) is 5.75 Å². The van der Waals surface area contributed by atoms with Gasteiger partial charge in [0.1, 0.15) is 5.52 Å². The fraction of sp³-hybridized carbons (Fsp3) is 0.125. The van der Waals surface area contributed by atoms with Gasteiger partial charge in [-0.1, -0.05) is 30.9 Å². The Morgan fingerprint density at radius 2 is 2.10 bits per heavy atom. The first-order chi connectivity index (χ1) is 9.72. The molecule has 0 radical (unpaired) electrons. The first kappa shape index (κ1) is 14.0. The van der Waals surface area contributed by atoms with E-state index in [4.69, 9.17) is 9.47 Å². The number of hydrogen-bond acceptors (Lipinski definition) is 4. The number of carbonyl (C=O) groups excluding carboxylic acids is 1. The molecule has 0 aliphatic rings. The third kappa shape index (κ3) is 3.30. The quantitative estimate of drug-likeness (QED) is 0.266. The van der Waals surface area contributed by atoms with Crippen LogP contribution < -0.4 is 4.74 Å². The van der Waals surface area contributed by atoms with Crippen molar-refractivity contribution in [1.82, 2.24) is 4.98 Å². The first-order valence-electron chi connectivity index (χ1n) is 6.14. The number of nitrogens with zero attached hydrogens (tertiary/aromatic N) is 1. The average Bonchev–Trinajstić information content (AvgIpc) is 2.47. The fourth-order valence-electron chi connectivity index (χ4n) is 1.65. The minimum atomic E-state index is -0.521. The van der Waals surface area contributed by atoms with Crippen LogP contribution in [-0.2, 0) is 9.53 Å². The maximum absolute atomic E-state index is 11.9. The summed E-state index contributed by atoms with van der Waals surface area (Å²) in [5.74, 6) is -0.106. The highest BCUT2D eigenvalue weighted by Gasteiger charge is 2.12. The van der Waals surface area contributed by atoms with Crippen molar-refractivity contribution in [3.8, 4) is 5.75 Å². The van der Waals surface area contributed by atoms with Gasteiger partial charge in [0.15, 0.2) is 5.75 Å². The molecule has 0 saturated carbocycles. The standard InChI is InChI=1S/C16H15NO3/c1-3-10-19-11-12(2)16(18)20-14-8-4-6-13-7-5-9-17-15(13)14/h3-9H,1-2,10-11H2. The van der Waals surface area contributed by atoms with E-state index in [9.17, 15) is 4.79 Å². The maximum atomic E-state index is 11.9. The van der Waals surface area contributed by atoms with Crippen LogP contribution in [0, 0.1) is 0 Å². The summed E-state index contributed by atoms with van der Waals surface area (Å²) in [6.45, 7) is 7.65. The number of ether oxygens (including phenoxy) is 2. The van der Waals surface area contributed by atoms with Crippen molar-refractivity contribution in [3.63, 3.8) is 0 Å². The predicted molar refractivity (Wildman–Crippen MR) is 77.5 cm³/mol. The van der Waals surface area contributed by atoms with Gasteiger partial charge >= 0.3 is 5.97 Å².